The number of halogens is 1. The molecule has 0 saturated heterocycles. The lowest BCUT2D eigenvalue weighted by atomic mass is 10.2. The predicted octanol–water partition coefficient (Wildman–Crippen LogP) is 4.13. The van der Waals surface area contributed by atoms with E-state index in [1.54, 1.807) is 23.5 Å². The molecule has 0 amide bonds. The van der Waals surface area contributed by atoms with Crippen LogP contribution < -0.4 is 0 Å². The summed E-state index contributed by atoms with van der Waals surface area (Å²) >= 11 is 1.57. The average molecular weight is 317 g/mol. The van der Waals surface area contributed by atoms with Gasteiger partial charge in [0.1, 0.15) is 5.82 Å². The minimum absolute atomic E-state index is 0.0220. The Morgan fingerprint density at radius 1 is 1.23 bits per heavy atom. The van der Waals surface area contributed by atoms with Crippen molar-refractivity contribution in [3.8, 4) is 10.8 Å². The minimum Gasteiger partial charge on any atom is -0.418 e. The van der Waals surface area contributed by atoms with Crippen LogP contribution in [0.1, 0.15) is 24.4 Å². The highest BCUT2D eigenvalue weighted by atomic mass is 32.1. The largest absolute Gasteiger partial charge is 0.418 e. The molecule has 0 radical (unpaired) electrons. The fourth-order valence-corrected chi connectivity index (χ4v) is 2.75. The highest BCUT2D eigenvalue weighted by Crippen LogP contribution is 2.26. The van der Waals surface area contributed by atoms with E-state index in [0.717, 1.165) is 10.4 Å². The molecule has 0 spiro atoms. The lowest BCUT2D eigenvalue weighted by molar-refractivity contribution is 0.218. The third-order valence-corrected chi connectivity index (χ3v) is 4.39. The van der Waals surface area contributed by atoms with Gasteiger partial charge in [-0.2, -0.15) is 0 Å². The summed E-state index contributed by atoms with van der Waals surface area (Å²) in [6.07, 6.45) is 0. The number of thiophene rings is 1. The summed E-state index contributed by atoms with van der Waals surface area (Å²) in [6, 6.07) is 10.4. The van der Waals surface area contributed by atoms with Crippen LogP contribution in [-0.2, 0) is 6.54 Å². The molecule has 2 aromatic heterocycles. The van der Waals surface area contributed by atoms with Crippen molar-refractivity contribution in [2.24, 2.45) is 0 Å². The molecule has 4 nitrogen and oxygen atoms in total. The molecule has 6 heteroatoms. The first-order valence-corrected chi connectivity index (χ1v) is 7.83. The summed E-state index contributed by atoms with van der Waals surface area (Å²) in [5.41, 5.74) is 1.04. The van der Waals surface area contributed by atoms with Crippen LogP contribution in [0.2, 0.25) is 0 Å². The SMILES string of the molecule is C[C@H](c1nnc(-c2cccs2)o1)N(C)Cc1ccc(F)cc1. The summed E-state index contributed by atoms with van der Waals surface area (Å²) in [5, 5.41) is 10.2. The molecule has 0 aliphatic rings. The van der Waals surface area contributed by atoms with E-state index >= 15 is 0 Å². The van der Waals surface area contributed by atoms with Gasteiger partial charge in [0.2, 0.25) is 5.89 Å². The van der Waals surface area contributed by atoms with E-state index in [0.29, 0.717) is 18.3 Å². The lowest BCUT2D eigenvalue weighted by Crippen LogP contribution is -2.22. The summed E-state index contributed by atoms with van der Waals surface area (Å²) in [7, 11) is 1.98. The fraction of sp³-hybridized carbons (Fsp3) is 0.250. The highest BCUT2D eigenvalue weighted by molar-refractivity contribution is 7.13. The van der Waals surface area contributed by atoms with Gasteiger partial charge in [0, 0.05) is 6.54 Å². The monoisotopic (exact) mass is 317 g/mol. The van der Waals surface area contributed by atoms with Crippen LogP contribution in [0.3, 0.4) is 0 Å². The van der Waals surface area contributed by atoms with Crippen LogP contribution in [0.5, 0.6) is 0 Å². The van der Waals surface area contributed by atoms with E-state index in [4.69, 9.17) is 4.42 Å². The molecule has 3 aromatic rings. The summed E-state index contributed by atoms with van der Waals surface area (Å²) in [4.78, 5) is 3.05. The van der Waals surface area contributed by atoms with Gasteiger partial charge in [-0.15, -0.1) is 21.5 Å². The van der Waals surface area contributed by atoms with Gasteiger partial charge in [-0.25, -0.2) is 4.39 Å². The molecule has 0 saturated carbocycles. The molecule has 1 atom stereocenters. The molecule has 0 aliphatic heterocycles. The molecule has 114 valence electrons. The zero-order chi connectivity index (χ0) is 15.5. The van der Waals surface area contributed by atoms with Crippen molar-refractivity contribution in [1.82, 2.24) is 15.1 Å². The predicted molar refractivity (Wildman–Crippen MR) is 83.9 cm³/mol. The van der Waals surface area contributed by atoms with Gasteiger partial charge >= 0.3 is 0 Å². The van der Waals surface area contributed by atoms with E-state index in [1.807, 2.05) is 31.5 Å². The van der Waals surface area contributed by atoms with Crippen molar-refractivity contribution in [3.05, 3.63) is 59.0 Å². The van der Waals surface area contributed by atoms with Gasteiger partial charge in [0.05, 0.1) is 10.9 Å². The summed E-state index contributed by atoms with van der Waals surface area (Å²) in [5.74, 6) is 0.900. The second-order valence-electron chi connectivity index (χ2n) is 5.14. The first kappa shape index (κ1) is 14.9. The first-order chi connectivity index (χ1) is 10.6. The number of rotatable bonds is 5. The zero-order valence-electron chi connectivity index (χ0n) is 12.4. The number of nitrogens with zero attached hydrogens (tertiary/aromatic N) is 3. The molecule has 1 aromatic carbocycles. The zero-order valence-corrected chi connectivity index (χ0v) is 13.2. The molecule has 0 N–H and O–H groups in total. The molecule has 0 bridgehead atoms. The second-order valence-corrected chi connectivity index (χ2v) is 6.09. The average Bonchev–Trinajstić information content (AvgIpc) is 3.19. The van der Waals surface area contributed by atoms with Crippen LogP contribution >= 0.6 is 11.3 Å². The molecular formula is C16H16FN3OS. The Morgan fingerprint density at radius 3 is 2.68 bits per heavy atom. The Kier molecular flexibility index (Phi) is 4.31. The number of benzene rings is 1. The van der Waals surface area contributed by atoms with Crippen LogP contribution in [0.25, 0.3) is 10.8 Å². The molecule has 0 unspecified atom stereocenters. The third kappa shape index (κ3) is 3.23. The topological polar surface area (TPSA) is 42.2 Å². The van der Waals surface area contributed by atoms with Crippen molar-refractivity contribution in [1.29, 1.82) is 0 Å². The van der Waals surface area contributed by atoms with Crippen LogP contribution in [0.4, 0.5) is 4.39 Å². The Labute approximate surface area is 132 Å². The van der Waals surface area contributed by atoms with E-state index in [9.17, 15) is 4.39 Å². The standard InChI is InChI=1S/C16H16FN3OS/c1-11(20(2)10-12-5-7-13(17)8-6-12)15-18-19-16(21-15)14-4-3-9-22-14/h3-9,11H,10H2,1-2H3/t11-/m1/s1. The van der Waals surface area contributed by atoms with Gasteiger partial charge in [-0.1, -0.05) is 18.2 Å². The summed E-state index contributed by atoms with van der Waals surface area (Å²) < 4.78 is 18.7. The molecule has 0 fully saturated rings. The molecule has 0 aliphatic carbocycles. The number of hydrogen-bond donors (Lipinski definition) is 0. The van der Waals surface area contributed by atoms with Gasteiger partial charge < -0.3 is 4.42 Å². The Morgan fingerprint density at radius 2 is 2.00 bits per heavy atom. The van der Waals surface area contributed by atoms with Gasteiger partial charge in [0.15, 0.2) is 0 Å². The van der Waals surface area contributed by atoms with Crippen molar-refractivity contribution in [2.75, 3.05) is 7.05 Å². The molecule has 22 heavy (non-hydrogen) atoms. The maximum atomic E-state index is 12.9. The Hall–Kier alpha value is -2.05. The minimum atomic E-state index is -0.225. The first-order valence-electron chi connectivity index (χ1n) is 6.95. The van der Waals surface area contributed by atoms with Crippen LogP contribution in [0.15, 0.2) is 46.2 Å². The van der Waals surface area contributed by atoms with E-state index in [-0.39, 0.29) is 11.9 Å². The maximum Gasteiger partial charge on any atom is 0.257 e. The number of hydrogen-bond acceptors (Lipinski definition) is 5. The van der Waals surface area contributed by atoms with Gasteiger partial charge in [0.25, 0.3) is 5.89 Å². The Balaban J connectivity index is 1.70. The van der Waals surface area contributed by atoms with E-state index < -0.39 is 0 Å². The Bertz CT molecular complexity index is 724. The molecule has 2 heterocycles. The maximum absolute atomic E-state index is 12.9. The van der Waals surface area contributed by atoms with E-state index in [1.165, 1.54) is 12.1 Å². The normalized spacial score (nSPS) is 12.7. The molecule has 3 rings (SSSR count). The number of aromatic nitrogens is 2. The molecular weight excluding hydrogens is 301 g/mol. The quantitative estimate of drug-likeness (QED) is 0.709. The van der Waals surface area contributed by atoms with Crippen molar-refractivity contribution in [3.63, 3.8) is 0 Å². The lowest BCUT2D eigenvalue weighted by Gasteiger charge is -2.21. The van der Waals surface area contributed by atoms with Crippen LogP contribution in [-0.4, -0.2) is 22.1 Å². The van der Waals surface area contributed by atoms with E-state index in [2.05, 4.69) is 15.1 Å². The third-order valence-electron chi connectivity index (χ3n) is 3.54. The van der Waals surface area contributed by atoms with Crippen molar-refractivity contribution in [2.45, 2.75) is 19.5 Å². The van der Waals surface area contributed by atoms with Gasteiger partial charge in [-0.3, -0.25) is 4.90 Å². The smallest absolute Gasteiger partial charge is 0.257 e. The summed E-state index contributed by atoms with van der Waals surface area (Å²) in [6.45, 7) is 2.69. The van der Waals surface area contributed by atoms with Gasteiger partial charge in [-0.05, 0) is 43.1 Å². The van der Waals surface area contributed by atoms with Crippen LogP contribution in [0, 0.1) is 5.82 Å². The fourth-order valence-electron chi connectivity index (χ4n) is 2.11. The highest BCUT2D eigenvalue weighted by Gasteiger charge is 2.19. The van der Waals surface area contributed by atoms with Crippen molar-refractivity contribution < 1.29 is 8.81 Å². The second kappa shape index (κ2) is 6.37. The van der Waals surface area contributed by atoms with Crippen molar-refractivity contribution >= 4 is 11.3 Å².